The number of hydrogen-bond donors (Lipinski definition) is 2. The van der Waals surface area contributed by atoms with Gasteiger partial charge in [-0.15, -0.1) is 0 Å². The molecule has 8 heteroatoms. The van der Waals surface area contributed by atoms with E-state index < -0.39 is 0 Å². The largest absolute Gasteiger partial charge is 0.362 e. The first-order valence-corrected chi connectivity index (χ1v) is 8.54. The van der Waals surface area contributed by atoms with Gasteiger partial charge in [0.2, 0.25) is 0 Å². The highest BCUT2D eigenvalue weighted by molar-refractivity contribution is 5.87. The van der Waals surface area contributed by atoms with Crippen LogP contribution in [0, 0.1) is 6.92 Å². The van der Waals surface area contributed by atoms with E-state index >= 15 is 0 Å². The Bertz CT molecular complexity index is 1030. The summed E-state index contributed by atoms with van der Waals surface area (Å²) in [5.41, 5.74) is 1.73. The number of benzene rings is 1. The molecule has 0 aliphatic heterocycles. The number of aromatic amines is 1. The highest BCUT2D eigenvalue weighted by Crippen LogP contribution is 2.23. The van der Waals surface area contributed by atoms with Gasteiger partial charge in [-0.1, -0.05) is 32.0 Å². The van der Waals surface area contributed by atoms with E-state index in [1.54, 1.807) is 6.20 Å². The van der Waals surface area contributed by atoms with Crippen molar-refractivity contribution in [2.45, 2.75) is 33.2 Å². The summed E-state index contributed by atoms with van der Waals surface area (Å²) in [6.45, 7) is 6.51. The Balaban J connectivity index is 1.66. The second-order valence-corrected chi connectivity index (χ2v) is 6.40. The molecule has 8 nitrogen and oxygen atoms in total. The second-order valence-electron chi connectivity index (χ2n) is 6.40. The van der Waals surface area contributed by atoms with Crippen LogP contribution in [0.25, 0.3) is 16.7 Å². The van der Waals surface area contributed by atoms with Crippen LogP contribution in [-0.2, 0) is 6.54 Å². The Morgan fingerprint density at radius 3 is 2.65 bits per heavy atom. The van der Waals surface area contributed by atoms with Crippen molar-refractivity contribution in [2.24, 2.45) is 0 Å². The predicted molar refractivity (Wildman–Crippen MR) is 99.2 cm³/mol. The summed E-state index contributed by atoms with van der Waals surface area (Å²) in [6, 6.07) is 9.93. The molecule has 0 fully saturated rings. The SMILES string of the molecule is Cc1nc(NCc2nc(C(C)C)n[nH]2)c2cnn(-c3ccccc3)c2n1. The molecule has 0 aliphatic rings. The second kappa shape index (κ2) is 6.55. The highest BCUT2D eigenvalue weighted by atomic mass is 15.3. The van der Waals surface area contributed by atoms with Crippen LogP contribution in [0.2, 0.25) is 0 Å². The first-order chi connectivity index (χ1) is 12.6. The molecule has 26 heavy (non-hydrogen) atoms. The maximum Gasteiger partial charge on any atom is 0.168 e. The lowest BCUT2D eigenvalue weighted by atomic mass is 10.2. The van der Waals surface area contributed by atoms with Gasteiger partial charge in [-0.2, -0.15) is 10.2 Å². The third kappa shape index (κ3) is 3.01. The van der Waals surface area contributed by atoms with E-state index in [1.807, 2.05) is 41.9 Å². The summed E-state index contributed by atoms with van der Waals surface area (Å²) in [5, 5.41) is 15.9. The zero-order valence-electron chi connectivity index (χ0n) is 14.9. The molecule has 2 N–H and O–H groups in total. The number of rotatable bonds is 5. The Morgan fingerprint density at radius 1 is 1.12 bits per heavy atom. The molecule has 0 bridgehead atoms. The van der Waals surface area contributed by atoms with Crippen molar-refractivity contribution >= 4 is 16.9 Å². The van der Waals surface area contributed by atoms with E-state index in [1.165, 1.54) is 0 Å². The first-order valence-electron chi connectivity index (χ1n) is 8.54. The van der Waals surface area contributed by atoms with Crippen molar-refractivity contribution in [3.8, 4) is 5.69 Å². The molecule has 0 amide bonds. The molecule has 3 heterocycles. The first kappa shape index (κ1) is 16.2. The molecule has 0 radical (unpaired) electrons. The average Bonchev–Trinajstić information content (AvgIpc) is 3.27. The highest BCUT2D eigenvalue weighted by Gasteiger charge is 2.13. The molecular formula is C18H20N8. The minimum atomic E-state index is 0.289. The van der Waals surface area contributed by atoms with Crippen molar-refractivity contribution in [3.05, 3.63) is 54.0 Å². The van der Waals surface area contributed by atoms with Crippen molar-refractivity contribution in [1.29, 1.82) is 0 Å². The molecule has 4 rings (SSSR count). The van der Waals surface area contributed by atoms with Crippen LogP contribution >= 0.6 is 0 Å². The van der Waals surface area contributed by atoms with Crippen LogP contribution in [0.1, 0.15) is 37.2 Å². The molecule has 0 saturated heterocycles. The Hall–Kier alpha value is -3.29. The van der Waals surface area contributed by atoms with Gasteiger partial charge >= 0.3 is 0 Å². The molecule has 1 aromatic carbocycles. The molecule has 0 atom stereocenters. The Morgan fingerprint density at radius 2 is 1.92 bits per heavy atom. The van der Waals surface area contributed by atoms with Gasteiger partial charge in [-0.05, 0) is 19.1 Å². The van der Waals surface area contributed by atoms with Crippen LogP contribution in [0.3, 0.4) is 0 Å². The molecular weight excluding hydrogens is 328 g/mol. The average molecular weight is 348 g/mol. The van der Waals surface area contributed by atoms with Crippen molar-refractivity contribution in [3.63, 3.8) is 0 Å². The van der Waals surface area contributed by atoms with Crippen LogP contribution in [0.15, 0.2) is 36.5 Å². The standard InChI is InChI=1S/C18H20N8/c1-11(2)16-23-15(24-25-16)10-19-17-14-9-20-26(13-7-5-4-6-8-13)18(14)22-12(3)21-17/h4-9,11H,10H2,1-3H3,(H,19,21,22)(H,23,24,25). The van der Waals surface area contributed by atoms with Gasteiger partial charge in [0.15, 0.2) is 11.5 Å². The van der Waals surface area contributed by atoms with Crippen LogP contribution in [0.5, 0.6) is 0 Å². The summed E-state index contributed by atoms with van der Waals surface area (Å²) in [5.74, 6) is 3.28. The van der Waals surface area contributed by atoms with Gasteiger partial charge in [0.05, 0.1) is 23.8 Å². The molecule has 132 valence electrons. The smallest absolute Gasteiger partial charge is 0.168 e. The van der Waals surface area contributed by atoms with Gasteiger partial charge < -0.3 is 5.32 Å². The maximum atomic E-state index is 4.57. The fourth-order valence-electron chi connectivity index (χ4n) is 2.72. The number of H-pyrrole nitrogens is 1. The third-order valence-corrected chi connectivity index (χ3v) is 4.03. The van der Waals surface area contributed by atoms with Gasteiger partial charge in [0.1, 0.15) is 17.5 Å². The van der Waals surface area contributed by atoms with Gasteiger partial charge in [0, 0.05) is 5.92 Å². The molecule has 0 saturated carbocycles. The monoisotopic (exact) mass is 348 g/mol. The zero-order chi connectivity index (χ0) is 18.1. The van der Waals surface area contributed by atoms with E-state index in [-0.39, 0.29) is 5.92 Å². The number of nitrogens with zero attached hydrogens (tertiary/aromatic N) is 6. The third-order valence-electron chi connectivity index (χ3n) is 4.03. The summed E-state index contributed by atoms with van der Waals surface area (Å²) in [4.78, 5) is 13.6. The molecule has 0 aliphatic carbocycles. The molecule has 0 unspecified atom stereocenters. The summed E-state index contributed by atoms with van der Waals surface area (Å²) >= 11 is 0. The number of aromatic nitrogens is 7. The van der Waals surface area contributed by atoms with Crippen LogP contribution < -0.4 is 5.32 Å². The van der Waals surface area contributed by atoms with E-state index in [0.29, 0.717) is 12.4 Å². The maximum absolute atomic E-state index is 4.57. The van der Waals surface area contributed by atoms with E-state index in [9.17, 15) is 0 Å². The number of aryl methyl sites for hydroxylation is 1. The van der Waals surface area contributed by atoms with Crippen molar-refractivity contribution in [2.75, 3.05) is 5.32 Å². The zero-order valence-corrected chi connectivity index (χ0v) is 14.9. The normalized spacial score (nSPS) is 11.4. The Kier molecular flexibility index (Phi) is 4.08. The van der Waals surface area contributed by atoms with Gasteiger partial charge in [-0.3, -0.25) is 5.10 Å². The summed E-state index contributed by atoms with van der Waals surface area (Å²) in [7, 11) is 0. The molecule has 0 spiro atoms. The fourth-order valence-corrected chi connectivity index (χ4v) is 2.72. The number of hydrogen-bond acceptors (Lipinski definition) is 6. The number of anilines is 1. The number of fused-ring (bicyclic) bond motifs is 1. The minimum absolute atomic E-state index is 0.289. The lowest BCUT2D eigenvalue weighted by molar-refractivity contribution is 0.780. The lowest BCUT2D eigenvalue weighted by Gasteiger charge is -2.07. The van der Waals surface area contributed by atoms with Crippen LogP contribution in [-0.4, -0.2) is 34.9 Å². The number of nitrogens with one attached hydrogen (secondary N) is 2. The van der Waals surface area contributed by atoms with Crippen molar-refractivity contribution < 1.29 is 0 Å². The van der Waals surface area contributed by atoms with Crippen molar-refractivity contribution in [1.82, 2.24) is 34.9 Å². The Labute approximate surface area is 150 Å². The van der Waals surface area contributed by atoms with E-state index in [0.717, 1.165) is 34.2 Å². The van der Waals surface area contributed by atoms with Crippen LogP contribution in [0.4, 0.5) is 5.82 Å². The predicted octanol–water partition coefficient (Wildman–Crippen LogP) is 2.98. The number of para-hydroxylation sites is 1. The summed E-state index contributed by atoms with van der Waals surface area (Å²) in [6.07, 6.45) is 1.78. The molecule has 4 aromatic rings. The quantitative estimate of drug-likeness (QED) is 0.575. The van der Waals surface area contributed by atoms with Gasteiger partial charge in [0.25, 0.3) is 0 Å². The minimum Gasteiger partial charge on any atom is -0.362 e. The topological polar surface area (TPSA) is 97.2 Å². The van der Waals surface area contributed by atoms with Gasteiger partial charge in [-0.25, -0.2) is 19.6 Å². The fraction of sp³-hybridized carbons (Fsp3) is 0.278. The van der Waals surface area contributed by atoms with E-state index in [4.69, 9.17) is 0 Å². The van der Waals surface area contributed by atoms with E-state index in [2.05, 4.69) is 49.4 Å². The summed E-state index contributed by atoms with van der Waals surface area (Å²) < 4.78 is 1.82. The lowest BCUT2D eigenvalue weighted by Crippen LogP contribution is -2.06. The molecule has 3 aromatic heterocycles.